The quantitative estimate of drug-likeness (QED) is 0.744. The summed E-state index contributed by atoms with van der Waals surface area (Å²) in [6.45, 7) is 6.66. The molecule has 2 aliphatic heterocycles. The van der Waals surface area contributed by atoms with Gasteiger partial charge < -0.3 is 15.4 Å². The summed E-state index contributed by atoms with van der Waals surface area (Å²) in [5.41, 5.74) is 0. The van der Waals surface area contributed by atoms with Crippen molar-refractivity contribution >= 4 is 0 Å². The van der Waals surface area contributed by atoms with Crippen LogP contribution < -0.4 is 10.6 Å². The van der Waals surface area contributed by atoms with Crippen molar-refractivity contribution < 1.29 is 4.74 Å². The Balaban J connectivity index is 1.52. The summed E-state index contributed by atoms with van der Waals surface area (Å²) in [6, 6.07) is 1.40. The molecule has 2 aliphatic rings. The molecule has 0 aliphatic carbocycles. The van der Waals surface area contributed by atoms with E-state index in [0.717, 1.165) is 31.7 Å². The molecule has 0 aromatic rings. The largest absolute Gasteiger partial charge is 0.381 e. The Labute approximate surface area is 106 Å². The van der Waals surface area contributed by atoms with Gasteiger partial charge in [0.1, 0.15) is 0 Å². The van der Waals surface area contributed by atoms with E-state index in [4.69, 9.17) is 4.74 Å². The van der Waals surface area contributed by atoms with Crippen molar-refractivity contribution in [2.45, 2.75) is 57.5 Å². The molecule has 2 heterocycles. The number of nitrogens with one attached hydrogen (secondary N) is 2. The van der Waals surface area contributed by atoms with Crippen LogP contribution in [0.3, 0.4) is 0 Å². The molecule has 0 saturated carbocycles. The molecule has 0 radical (unpaired) electrons. The molecule has 2 rings (SSSR count). The lowest BCUT2D eigenvalue weighted by Gasteiger charge is -2.26. The van der Waals surface area contributed by atoms with E-state index in [1.807, 2.05) is 0 Å². The van der Waals surface area contributed by atoms with Crippen molar-refractivity contribution in [1.29, 1.82) is 0 Å². The summed E-state index contributed by atoms with van der Waals surface area (Å²) < 4.78 is 5.40. The minimum Gasteiger partial charge on any atom is -0.381 e. The second-order valence-electron chi connectivity index (χ2n) is 5.76. The van der Waals surface area contributed by atoms with Crippen LogP contribution in [-0.4, -0.2) is 38.4 Å². The summed E-state index contributed by atoms with van der Waals surface area (Å²) in [5.74, 6) is 0.808. The van der Waals surface area contributed by atoms with E-state index in [-0.39, 0.29) is 0 Å². The topological polar surface area (TPSA) is 33.3 Å². The Morgan fingerprint density at radius 2 is 2.29 bits per heavy atom. The highest BCUT2D eigenvalue weighted by atomic mass is 16.5. The lowest BCUT2D eigenvalue weighted by molar-refractivity contribution is 0.184. The van der Waals surface area contributed by atoms with Gasteiger partial charge in [-0.05, 0) is 58.0 Å². The standard InChI is InChI=1S/C14H28N2O/c1-12(10-14-4-2-3-7-16-14)15-8-5-13-6-9-17-11-13/h12-16H,2-11H2,1H3. The van der Waals surface area contributed by atoms with E-state index in [1.165, 1.54) is 45.1 Å². The van der Waals surface area contributed by atoms with Gasteiger partial charge in [0.05, 0.1) is 0 Å². The Morgan fingerprint density at radius 1 is 1.35 bits per heavy atom. The Morgan fingerprint density at radius 3 is 3.00 bits per heavy atom. The minimum atomic E-state index is 0.646. The fraction of sp³-hybridized carbons (Fsp3) is 1.00. The Kier molecular flexibility index (Phi) is 5.75. The summed E-state index contributed by atoms with van der Waals surface area (Å²) in [7, 11) is 0. The van der Waals surface area contributed by atoms with E-state index in [0.29, 0.717) is 6.04 Å². The minimum absolute atomic E-state index is 0.646. The molecular weight excluding hydrogens is 212 g/mol. The van der Waals surface area contributed by atoms with E-state index < -0.39 is 0 Å². The molecule has 0 amide bonds. The van der Waals surface area contributed by atoms with Gasteiger partial charge in [-0.1, -0.05) is 6.42 Å². The third-order valence-electron chi connectivity index (χ3n) is 4.12. The fourth-order valence-corrected chi connectivity index (χ4v) is 2.98. The number of rotatable bonds is 6. The first kappa shape index (κ1) is 13.3. The van der Waals surface area contributed by atoms with Gasteiger partial charge in [0.2, 0.25) is 0 Å². The number of piperidine rings is 1. The molecule has 0 bridgehead atoms. The first-order valence-corrected chi connectivity index (χ1v) is 7.39. The van der Waals surface area contributed by atoms with Gasteiger partial charge in [0.25, 0.3) is 0 Å². The molecule has 3 atom stereocenters. The monoisotopic (exact) mass is 240 g/mol. The van der Waals surface area contributed by atoms with Crippen LogP contribution in [0.25, 0.3) is 0 Å². The molecule has 0 aromatic carbocycles. The molecular formula is C14H28N2O. The number of hydrogen-bond acceptors (Lipinski definition) is 3. The van der Waals surface area contributed by atoms with Gasteiger partial charge >= 0.3 is 0 Å². The highest BCUT2D eigenvalue weighted by Gasteiger charge is 2.17. The molecule has 2 fully saturated rings. The van der Waals surface area contributed by atoms with Crippen LogP contribution in [0.15, 0.2) is 0 Å². The van der Waals surface area contributed by atoms with Crippen LogP contribution in [0.4, 0.5) is 0 Å². The third-order valence-corrected chi connectivity index (χ3v) is 4.12. The van der Waals surface area contributed by atoms with E-state index in [2.05, 4.69) is 17.6 Å². The highest BCUT2D eigenvalue weighted by molar-refractivity contribution is 4.77. The molecule has 2 saturated heterocycles. The predicted octanol–water partition coefficient (Wildman–Crippen LogP) is 1.92. The van der Waals surface area contributed by atoms with Crippen LogP contribution in [0, 0.1) is 5.92 Å². The fourth-order valence-electron chi connectivity index (χ4n) is 2.98. The first-order valence-electron chi connectivity index (χ1n) is 7.39. The van der Waals surface area contributed by atoms with E-state index >= 15 is 0 Å². The average Bonchev–Trinajstić information content (AvgIpc) is 2.83. The van der Waals surface area contributed by atoms with Crippen molar-refractivity contribution in [2.75, 3.05) is 26.3 Å². The Hall–Kier alpha value is -0.120. The zero-order valence-electron chi connectivity index (χ0n) is 11.2. The maximum Gasteiger partial charge on any atom is 0.0495 e. The molecule has 0 aromatic heterocycles. The third kappa shape index (κ3) is 4.94. The maximum atomic E-state index is 5.40. The lowest BCUT2D eigenvalue weighted by atomic mass is 9.98. The zero-order chi connectivity index (χ0) is 11.9. The van der Waals surface area contributed by atoms with Crippen molar-refractivity contribution in [3.63, 3.8) is 0 Å². The van der Waals surface area contributed by atoms with E-state index in [9.17, 15) is 0 Å². The second-order valence-corrected chi connectivity index (χ2v) is 5.76. The SMILES string of the molecule is CC(CC1CCCCN1)NCCC1CCOC1. The highest BCUT2D eigenvalue weighted by Crippen LogP contribution is 2.16. The molecule has 3 nitrogen and oxygen atoms in total. The van der Waals surface area contributed by atoms with Crippen LogP contribution >= 0.6 is 0 Å². The maximum absolute atomic E-state index is 5.40. The van der Waals surface area contributed by atoms with Crippen LogP contribution in [0.2, 0.25) is 0 Å². The van der Waals surface area contributed by atoms with Crippen molar-refractivity contribution in [1.82, 2.24) is 10.6 Å². The van der Waals surface area contributed by atoms with Crippen molar-refractivity contribution in [3.8, 4) is 0 Å². The summed E-state index contributed by atoms with van der Waals surface area (Å²) >= 11 is 0. The molecule has 3 unspecified atom stereocenters. The average molecular weight is 240 g/mol. The molecule has 3 heteroatoms. The van der Waals surface area contributed by atoms with E-state index in [1.54, 1.807) is 0 Å². The molecule has 0 spiro atoms. The summed E-state index contributed by atoms with van der Waals surface area (Å²) in [5, 5.41) is 7.28. The Bertz CT molecular complexity index is 198. The van der Waals surface area contributed by atoms with Gasteiger partial charge in [-0.3, -0.25) is 0 Å². The molecule has 17 heavy (non-hydrogen) atoms. The van der Waals surface area contributed by atoms with Crippen molar-refractivity contribution in [3.05, 3.63) is 0 Å². The van der Waals surface area contributed by atoms with Crippen LogP contribution in [0.1, 0.15) is 45.4 Å². The first-order chi connectivity index (χ1) is 8.34. The van der Waals surface area contributed by atoms with Crippen LogP contribution in [-0.2, 0) is 4.74 Å². The number of hydrogen-bond donors (Lipinski definition) is 2. The van der Waals surface area contributed by atoms with Gasteiger partial charge in [0.15, 0.2) is 0 Å². The number of ether oxygens (including phenoxy) is 1. The van der Waals surface area contributed by atoms with Gasteiger partial charge in [0, 0.05) is 25.3 Å². The smallest absolute Gasteiger partial charge is 0.0495 e. The summed E-state index contributed by atoms with van der Waals surface area (Å²) in [6.07, 6.45) is 7.95. The van der Waals surface area contributed by atoms with Gasteiger partial charge in [-0.15, -0.1) is 0 Å². The second kappa shape index (κ2) is 7.34. The predicted molar refractivity (Wildman–Crippen MR) is 71.3 cm³/mol. The molecule has 2 N–H and O–H groups in total. The zero-order valence-corrected chi connectivity index (χ0v) is 11.2. The normalized spacial score (nSPS) is 31.6. The summed E-state index contributed by atoms with van der Waals surface area (Å²) in [4.78, 5) is 0. The lowest BCUT2D eigenvalue weighted by Crippen LogP contribution is -2.40. The van der Waals surface area contributed by atoms with Gasteiger partial charge in [-0.25, -0.2) is 0 Å². The molecule has 100 valence electrons. The van der Waals surface area contributed by atoms with Crippen molar-refractivity contribution in [2.24, 2.45) is 5.92 Å². The van der Waals surface area contributed by atoms with Gasteiger partial charge in [-0.2, -0.15) is 0 Å². The van der Waals surface area contributed by atoms with Crippen LogP contribution in [0.5, 0.6) is 0 Å².